The molecule has 3 rings (SSSR count). The summed E-state index contributed by atoms with van der Waals surface area (Å²) in [6.45, 7) is 0. The van der Waals surface area contributed by atoms with Crippen LogP contribution in [0.1, 0.15) is 0 Å². The number of hydrogen-bond donors (Lipinski definition) is 1. The van der Waals surface area contributed by atoms with Crippen molar-refractivity contribution in [2.45, 2.75) is 4.90 Å². The molecule has 0 aliphatic rings. The Balaban J connectivity index is 2.23. The quantitative estimate of drug-likeness (QED) is 0.551. The highest BCUT2D eigenvalue weighted by Crippen LogP contribution is 2.34. The van der Waals surface area contributed by atoms with E-state index in [0.717, 1.165) is 20.4 Å². The van der Waals surface area contributed by atoms with Gasteiger partial charge in [0.15, 0.2) is 5.58 Å². The normalized spacial score (nSPS) is 11.1. The highest BCUT2D eigenvalue weighted by molar-refractivity contribution is 9.10. The van der Waals surface area contributed by atoms with Crippen molar-refractivity contribution in [2.24, 2.45) is 0 Å². The van der Waals surface area contributed by atoms with E-state index in [0.29, 0.717) is 17.2 Å². The first-order valence-corrected chi connectivity index (χ1v) is 7.70. The topological polar surface area (TPSA) is 52.0 Å². The predicted octanol–water partition coefficient (Wildman–Crippen LogP) is 4.56. The van der Waals surface area contributed by atoms with Gasteiger partial charge in [-0.25, -0.2) is 4.98 Å². The van der Waals surface area contributed by atoms with Gasteiger partial charge in [0.25, 0.3) is 0 Å². The molecule has 0 atom stereocenters. The third-order valence-corrected chi connectivity index (χ3v) is 4.07. The van der Waals surface area contributed by atoms with Gasteiger partial charge in [0.2, 0.25) is 5.89 Å². The number of nitrogen functional groups attached to an aromatic ring is 1. The molecule has 3 nitrogen and oxygen atoms in total. The van der Waals surface area contributed by atoms with Crippen molar-refractivity contribution in [3.05, 3.63) is 40.9 Å². The lowest BCUT2D eigenvalue weighted by molar-refractivity contribution is 0.619. The Bertz CT molecular complexity index is 754. The Labute approximate surface area is 123 Å². The maximum Gasteiger partial charge on any atom is 0.228 e. The molecule has 3 aromatic rings. The van der Waals surface area contributed by atoms with Gasteiger partial charge < -0.3 is 10.2 Å². The first-order valence-electron chi connectivity index (χ1n) is 5.68. The fourth-order valence-corrected chi connectivity index (χ4v) is 3.01. The second-order valence-electron chi connectivity index (χ2n) is 4.06. The van der Waals surface area contributed by atoms with E-state index < -0.39 is 0 Å². The van der Waals surface area contributed by atoms with Gasteiger partial charge in [0, 0.05) is 9.37 Å². The van der Waals surface area contributed by atoms with Crippen molar-refractivity contribution >= 4 is 44.5 Å². The lowest BCUT2D eigenvalue weighted by atomic mass is 10.2. The summed E-state index contributed by atoms with van der Waals surface area (Å²) in [5.74, 6) is 0.602. The van der Waals surface area contributed by atoms with Crippen molar-refractivity contribution in [3.8, 4) is 11.5 Å². The van der Waals surface area contributed by atoms with Crippen molar-refractivity contribution in [3.63, 3.8) is 0 Å². The van der Waals surface area contributed by atoms with E-state index in [1.165, 1.54) is 0 Å². The summed E-state index contributed by atoms with van der Waals surface area (Å²) < 4.78 is 6.71. The maximum atomic E-state index is 5.95. The van der Waals surface area contributed by atoms with Gasteiger partial charge in [-0.05, 0) is 30.5 Å². The minimum atomic E-state index is 0.588. The number of halogens is 1. The van der Waals surface area contributed by atoms with Crippen LogP contribution in [0.4, 0.5) is 5.69 Å². The minimum absolute atomic E-state index is 0.588. The number of fused-ring (bicyclic) bond motifs is 1. The Morgan fingerprint density at radius 3 is 2.84 bits per heavy atom. The molecular weight excluding hydrogens is 324 g/mol. The zero-order valence-corrected chi connectivity index (χ0v) is 12.6. The number of benzene rings is 2. The molecule has 0 bridgehead atoms. The van der Waals surface area contributed by atoms with Crippen LogP contribution >= 0.6 is 27.7 Å². The Kier molecular flexibility index (Phi) is 3.24. The van der Waals surface area contributed by atoms with Crippen LogP contribution in [-0.4, -0.2) is 11.2 Å². The highest BCUT2D eigenvalue weighted by Gasteiger charge is 2.13. The largest absolute Gasteiger partial charge is 0.434 e. The number of hydrogen-bond acceptors (Lipinski definition) is 4. The number of rotatable bonds is 2. The molecule has 2 N–H and O–H groups in total. The van der Waals surface area contributed by atoms with Crippen molar-refractivity contribution < 1.29 is 4.42 Å². The molecule has 5 heteroatoms. The van der Waals surface area contributed by atoms with Crippen LogP contribution in [0.3, 0.4) is 0 Å². The van der Waals surface area contributed by atoms with E-state index in [9.17, 15) is 0 Å². The van der Waals surface area contributed by atoms with Gasteiger partial charge in [-0.15, -0.1) is 11.8 Å². The summed E-state index contributed by atoms with van der Waals surface area (Å²) in [6.07, 6.45) is 2.03. The molecule has 0 unspecified atom stereocenters. The molecule has 0 radical (unpaired) electrons. The number of nitrogens with two attached hydrogens (primary N) is 1. The summed E-state index contributed by atoms with van der Waals surface area (Å²) in [5.41, 5.74) is 8.92. The maximum absolute atomic E-state index is 5.95. The van der Waals surface area contributed by atoms with Gasteiger partial charge in [-0.3, -0.25) is 0 Å². The second-order valence-corrected chi connectivity index (χ2v) is 5.83. The van der Waals surface area contributed by atoms with E-state index >= 15 is 0 Å². The van der Waals surface area contributed by atoms with E-state index in [1.807, 2.05) is 42.7 Å². The SMILES string of the molecule is CSc1ccccc1-c1nc2cc(Br)cc(N)c2o1. The molecule has 0 spiro atoms. The number of anilines is 1. The number of thioether (sulfide) groups is 1. The molecule has 1 heterocycles. The molecule has 0 saturated carbocycles. The zero-order chi connectivity index (χ0) is 13.4. The molecule has 2 aromatic carbocycles. The fraction of sp³-hybridized carbons (Fsp3) is 0.0714. The van der Waals surface area contributed by atoms with Crippen molar-refractivity contribution in [2.75, 3.05) is 12.0 Å². The monoisotopic (exact) mass is 334 g/mol. The molecule has 0 aliphatic heterocycles. The molecule has 19 heavy (non-hydrogen) atoms. The highest BCUT2D eigenvalue weighted by atomic mass is 79.9. The molecule has 0 amide bonds. The predicted molar refractivity (Wildman–Crippen MR) is 83.3 cm³/mol. The van der Waals surface area contributed by atoms with Crippen LogP contribution in [0.2, 0.25) is 0 Å². The van der Waals surface area contributed by atoms with Gasteiger partial charge in [-0.1, -0.05) is 28.1 Å². The number of aromatic nitrogens is 1. The van der Waals surface area contributed by atoms with Crippen LogP contribution in [0.15, 0.2) is 50.2 Å². The average molecular weight is 335 g/mol. The number of nitrogens with zero attached hydrogens (tertiary/aromatic N) is 1. The van der Waals surface area contributed by atoms with Crippen molar-refractivity contribution in [1.82, 2.24) is 4.98 Å². The summed E-state index contributed by atoms with van der Waals surface area (Å²) >= 11 is 5.08. The standard InChI is InChI=1S/C14H11BrN2OS/c1-19-12-5-3-2-4-9(12)14-17-11-7-8(15)6-10(16)13(11)18-14/h2-7H,16H2,1H3. The van der Waals surface area contributed by atoms with Crippen LogP contribution in [-0.2, 0) is 0 Å². The molecule has 0 saturated heterocycles. The van der Waals surface area contributed by atoms with Crippen LogP contribution in [0.25, 0.3) is 22.6 Å². The third-order valence-electron chi connectivity index (χ3n) is 2.82. The first kappa shape index (κ1) is 12.6. The van der Waals surface area contributed by atoms with Gasteiger partial charge in [0.05, 0.1) is 11.3 Å². The smallest absolute Gasteiger partial charge is 0.228 e. The summed E-state index contributed by atoms with van der Waals surface area (Å²) in [4.78, 5) is 5.65. The fourth-order valence-electron chi connectivity index (χ4n) is 1.96. The van der Waals surface area contributed by atoms with Crippen LogP contribution < -0.4 is 5.73 Å². The first-order chi connectivity index (χ1) is 9.19. The van der Waals surface area contributed by atoms with Crippen LogP contribution in [0, 0.1) is 0 Å². The van der Waals surface area contributed by atoms with Crippen molar-refractivity contribution in [1.29, 1.82) is 0 Å². The van der Waals surface area contributed by atoms with E-state index in [4.69, 9.17) is 10.2 Å². The summed E-state index contributed by atoms with van der Waals surface area (Å²) in [6, 6.07) is 11.8. The minimum Gasteiger partial charge on any atom is -0.434 e. The lowest BCUT2D eigenvalue weighted by Crippen LogP contribution is -1.84. The van der Waals surface area contributed by atoms with E-state index in [-0.39, 0.29) is 0 Å². The zero-order valence-electron chi connectivity index (χ0n) is 10.2. The van der Waals surface area contributed by atoms with Crippen LogP contribution in [0.5, 0.6) is 0 Å². The molecule has 1 aromatic heterocycles. The van der Waals surface area contributed by atoms with Gasteiger partial charge >= 0.3 is 0 Å². The Morgan fingerprint density at radius 1 is 1.26 bits per heavy atom. The van der Waals surface area contributed by atoms with Gasteiger partial charge in [-0.2, -0.15) is 0 Å². The van der Waals surface area contributed by atoms with E-state index in [1.54, 1.807) is 11.8 Å². The third kappa shape index (κ3) is 2.24. The second kappa shape index (κ2) is 4.90. The van der Waals surface area contributed by atoms with E-state index in [2.05, 4.69) is 20.9 Å². The Hall–Kier alpha value is -1.46. The molecular formula is C14H11BrN2OS. The lowest BCUT2D eigenvalue weighted by Gasteiger charge is -2.01. The summed E-state index contributed by atoms with van der Waals surface area (Å²) in [7, 11) is 0. The number of oxazole rings is 1. The molecule has 96 valence electrons. The van der Waals surface area contributed by atoms with Gasteiger partial charge in [0.1, 0.15) is 5.52 Å². The Morgan fingerprint density at radius 2 is 2.05 bits per heavy atom. The summed E-state index contributed by atoms with van der Waals surface area (Å²) in [5, 5.41) is 0. The molecule has 0 aliphatic carbocycles. The molecule has 0 fully saturated rings. The average Bonchev–Trinajstić information content (AvgIpc) is 2.82.